The summed E-state index contributed by atoms with van der Waals surface area (Å²) >= 11 is 0. The molecule has 6 heteroatoms. The Bertz CT molecular complexity index is 779. The Morgan fingerprint density at radius 3 is 2.26 bits per heavy atom. The zero-order valence-corrected chi connectivity index (χ0v) is 24.0. The van der Waals surface area contributed by atoms with Crippen LogP contribution in [0.3, 0.4) is 0 Å². The normalized spacial score (nSPS) is 38.7. The van der Waals surface area contributed by atoms with E-state index in [1.165, 1.54) is 6.42 Å². The van der Waals surface area contributed by atoms with Crippen molar-refractivity contribution in [3.05, 3.63) is 12.2 Å². The van der Waals surface area contributed by atoms with E-state index in [1.54, 1.807) is 0 Å². The summed E-state index contributed by atoms with van der Waals surface area (Å²) in [5, 5.41) is 0.128. The third-order valence-corrected chi connectivity index (χ3v) is 12.9. The second-order valence-electron chi connectivity index (χ2n) is 12.6. The van der Waals surface area contributed by atoms with Crippen molar-refractivity contribution in [3.8, 4) is 12.3 Å². The molecule has 0 aromatic rings. The number of cyclic esters (lactones) is 1. The zero-order chi connectivity index (χ0) is 25.8. The minimum absolute atomic E-state index is 0.0210. The van der Waals surface area contributed by atoms with Crippen LogP contribution in [-0.4, -0.2) is 50.9 Å². The summed E-state index contributed by atoms with van der Waals surface area (Å²) < 4.78 is 25.6. The maximum Gasteiger partial charge on any atom is 0.309 e. The summed E-state index contributed by atoms with van der Waals surface area (Å²) in [5.74, 6) is 2.71. The molecule has 0 unspecified atom stereocenters. The van der Waals surface area contributed by atoms with E-state index in [0.717, 1.165) is 32.1 Å². The molecule has 3 aliphatic heterocycles. The maximum absolute atomic E-state index is 12.9. The van der Waals surface area contributed by atoms with Gasteiger partial charge >= 0.3 is 5.97 Å². The van der Waals surface area contributed by atoms with Gasteiger partial charge in [0, 0.05) is 12.0 Å². The summed E-state index contributed by atoms with van der Waals surface area (Å²) in [5.41, 5.74) is 0. The number of ether oxygens (including phenoxy) is 3. The number of carbonyl (C=O) groups is 1. The van der Waals surface area contributed by atoms with Gasteiger partial charge in [-0.25, -0.2) is 0 Å². The molecule has 198 valence electrons. The van der Waals surface area contributed by atoms with Crippen molar-refractivity contribution >= 4 is 14.3 Å². The van der Waals surface area contributed by atoms with Gasteiger partial charge in [0.25, 0.3) is 0 Å². The van der Waals surface area contributed by atoms with Crippen LogP contribution < -0.4 is 0 Å². The number of allylic oxidation sites excluding steroid dienone is 1. The van der Waals surface area contributed by atoms with Crippen molar-refractivity contribution in [2.45, 2.75) is 141 Å². The molecule has 8 atom stereocenters. The molecule has 0 N–H and O–H groups in total. The first kappa shape index (κ1) is 28.4. The highest BCUT2D eigenvalue weighted by atomic mass is 28.4. The Balaban J connectivity index is 1.81. The number of esters is 1. The largest absolute Gasteiger partial charge is 0.448 e. The molecular formula is C29H48O5Si. The van der Waals surface area contributed by atoms with E-state index in [-0.39, 0.29) is 53.9 Å². The Kier molecular flexibility index (Phi) is 9.70. The smallest absolute Gasteiger partial charge is 0.309 e. The third-order valence-electron chi connectivity index (χ3n) is 8.34. The van der Waals surface area contributed by atoms with Gasteiger partial charge in [0.15, 0.2) is 14.4 Å². The highest BCUT2D eigenvalue weighted by Gasteiger charge is 2.42. The molecule has 5 nitrogen and oxygen atoms in total. The van der Waals surface area contributed by atoms with Crippen LogP contribution in [0.25, 0.3) is 0 Å². The van der Waals surface area contributed by atoms with E-state index in [2.05, 4.69) is 58.9 Å². The van der Waals surface area contributed by atoms with Crippen molar-refractivity contribution in [1.82, 2.24) is 0 Å². The van der Waals surface area contributed by atoms with E-state index in [1.807, 2.05) is 6.92 Å². The first-order valence-corrected chi connectivity index (χ1v) is 16.6. The Labute approximate surface area is 214 Å². The molecule has 35 heavy (non-hydrogen) atoms. The molecule has 3 aliphatic rings. The average Bonchev–Trinajstić information content (AvgIpc) is 2.74. The maximum atomic E-state index is 12.9. The Hall–Kier alpha value is -1.13. The van der Waals surface area contributed by atoms with Crippen LogP contribution in [0.5, 0.6) is 0 Å². The predicted octanol–water partition coefficient (Wildman–Crippen LogP) is 6.42. The van der Waals surface area contributed by atoms with E-state index in [0.29, 0.717) is 12.3 Å². The quantitative estimate of drug-likeness (QED) is 0.188. The summed E-state index contributed by atoms with van der Waals surface area (Å²) in [7, 11) is -1.95. The molecular weight excluding hydrogens is 456 g/mol. The van der Waals surface area contributed by atoms with Crippen LogP contribution in [0.4, 0.5) is 0 Å². The molecule has 0 aliphatic carbocycles. The molecule has 0 spiro atoms. The zero-order valence-electron chi connectivity index (χ0n) is 23.0. The number of rotatable bonds is 2. The minimum atomic E-state index is -1.95. The molecule has 0 aromatic heterocycles. The number of terminal acetylenes is 1. The van der Waals surface area contributed by atoms with E-state index in [9.17, 15) is 4.79 Å². The summed E-state index contributed by atoms with van der Waals surface area (Å²) in [6.45, 7) is 15.6. The molecule has 2 fully saturated rings. The van der Waals surface area contributed by atoms with Crippen molar-refractivity contribution in [1.29, 1.82) is 0 Å². The number of hydrogen-bond donors (Lipinski definition) is 0. The highest BCUT2D eigenvalue weighted by Crippen LogP contribution is 2.40. The SMILES string of the molecule is C#C[C@@H]1OC(=O)C[C@@H]2C[C@H](O[Si](C)(C)C(C)(C)C)C[C@H](C[C@@H]3CCC[C@H](C[C@H](C)/C=C/[C@@H]1C)O3)O2. The fraction of sp³-hybridized carbons (Fsp3) is 0.828. The standard InChI is InChI=1S/C29H48O5Si/c1-9-27-21(3)14-13-20(2)15-22-11-10-12-23(31-22)16-24-17-26(34-35(7,8)29(4,5)6)18-25(32-24)19-28(30)33-27/h1,13-14,20-27H,10-12,15-19H2,2-8H3/b14-13+/t20-,21+,22-,23+,24+,25+,26-,27+/m1/s1. The lowest BCUT2D eigenvalue weighted by Gasteiger charge is -2.44. The fourth-order valence-corrected chi connectivity index (χ4v) is 6.67. The molecule has 0 amide bonds. The summed E-state index contributed by atoms with van der Waals surface area (Å²) in [4.78, 5) is 12.9. The van der Waals surface area contributed by atoms with E-state index >= 15 is 0 Å². The van der Waals surface area contributed by atoms with Gasteiger partial charge in [-0.05, 0) is 69.0 Å². The summed E-state index contributed by atoms with van der Waals surface area (Å²) in [6.07, 6.45) is 16.8. The van der Waals surface area contributed by atoms with Gasteiger partial charge in [0.05, 0.1) is 30.8 Å². The molecule has 3 rings (SSSR count). The van der Waals surface area contributed by atoms with Gasteiger partial charge in [-0.2, -0.15) is 0 Å². The van der Waals surface area contributed by atoms with Crippen LogP contribution in [0.1, 0.15) is 86.0 Å². The number of carbonyl (C=O) groups excluding carboxylic acids is 1. The van der Waals surface area contributed by atoms with Crippen LogP contribution in [0, 0.1) is 24.2 Å². The topological polar surface area (TPSA) is 54.0 Å². The second-order valence-corrected chi connectivity index (χ2v) is 17.4. The lowest BCUT2D eigenvalue weighted by atomic mass is 9.91. The first-order chi connectivity index (χ1) is 16.4. The highest BCUT2D eigenvalue weighted by molar-refractivity contribution is 6.74. The Morgan fingerprint density at radius 1 is 0.971 bits per heavy atom. The van der Waals surface area contributed by atoms with Crippen LogP contribution >= 0.6 is 0 Å². The van der Waals surface area contributed by atoms with Gasteiger partial charge in [0.1, 0.15) is 0 Å². The summed E-state index contributed by atoms with van der Waals surface area (Å²) in [6, 6.07) is 0. The number of hydrogen-bond acceptors (Lipinski definition) is 5. The van der Waals surface area contributed by atoms with Gasteiger partial charge in [-0.15, -0.1) is 6.42 Å². The molecule has 0 saturated carbocycles. The lowest BCUT2D eigenvalue weighted by molar-refractivity contribution is -0.160. The van der Waals surface area contributed by atoms with E-state index in [4.69, 9.17) is 25.1 Å². The van der Waals surface area contributed by atoms with Crippen molar-refractivity contribution in [2.24, 2.45) is 11.8 Å². The average molecular weight is 505 g/mol. The molecule has 0 radical (unpaired) electrons. The molecule has 3 heterocycles. The fourth-order valence-electron chi connectivity index (χ4n) is 5.29. The third kappa shape index (κ3) is 8.18. The first-order valence-electron chi connectivity index (χ1n) is 13.7. The minimum Gasteiger partial charge on any atom is -0.448 e. The van der Waals surface area contributed by atoms with Crippen molar-refractivity contribution in [3.63, 3.8) is 0 Å². The second kappa shape index (κ2) is 11.9. The lowest BCUT2D eigenvalue weighted by Crippen LogP contribution is -2.48. The van der Waals surface area contributed by atoms with Gasteiger partial charge in [0.2, 0.25) is 0 Å². The van der Waals surface area contributed by atoms with Crippen LogP contribution in [0.2, 0.25) is 18.1 Å². The molecule has 0 aromatic carbocycles. The van der Waals surface area contributed by atoms with Gasteiger partial charge in [-0.3, -0.25) is 4.79 Å². The molecule has 4 bridgehead atoms. The predicted molar refractivity (Wildman–Crippen MR) is 143 cm³/mol. The van der Waals surface area contributed by atoms with Crippen LogP contribution in [0.15, 0.2) is 12.2 Å². The van der Waals surface area contributed by atoms with E-state index < -0.39 is 14.4 Å². The Morgan fingerprint density at radius 2 is 1.60 bits per heavy atom. The van der Waals surface area contributed by atoms with Crippen molar-refractivity contribution in [2.75, 3.05) is 0 Å². The number of fused-ring (bicyclic) bond motifs is 4. The molecule has 2 saturated heterocycles. The van der Waals surface area contributed by atoms with Gasteiger partial charge < -0.3 is 18.6 Å². The van der Waals surface area contributed by atoms with Gasteiger partial charge in [-0.1, -0.05) is 52.7 Å². The monoisotopic (exact) mass is 504 g/mol. The van der Waals surface area contributed by atoms with Crippen LogP contribution in [-0.2, 0) is 23.4 Å². The van der Waals surface area contributed by atoms with Crippen molar-refractivity contribution < 1.29 is 23.4 Å².